The molecule has 0 bridgehead atoms. The molecule has 5 heteroatoms. The quantitative estimate of drug-likeness (QED) is 0.499. The third-order valence-electron chi connectivity index (χ3n) is 3.32. The summed E-state index contributed by atoms with van der Waals surface area (Å²) in [5.41, 5.74) is 5.74. The topological polar surface area (TPSA) is 94.3 Å². The van der Waals surface area contributed by atoms with E-state index in [9.17, 15) is 19.2 Å². The van der Waals surface area contributed by atoms with Gasteiger partial charge in [0.2, 0.25) is 18.5 Å². The molecule has 2 radical (unpaired) electrons. The van der Waals surface area contributed by atoms with Crippen molar-refractivity contribution in [1.29, 1.82) is 0 Å². The molecule has 0 saturated heterocycles. The lowest BCUT2D eigenvalue weighted by atomic mass is 10.00. The Kier molecular flexibility index (Phi) is 7.75. The molecule has 0 heterocycles. The molecule has 0 saturated carbocycles. The molecule has 0 unspecified atom stereocenters. The lowest BCUT2D eigenvalue weighted by Gasteiger charge is -2.03. The summed E-state index contributed by atoms with van der Waals surface area (Å²) in [6.07, 6.45) is 8.36. The summed E-state index contributed by atoms with van der Waals surface area (Å²) in [5.74, 6) is -0.393. The minimum atomic E-state index is -0.287. The fraction of sp³-hybridized carbons (Fsp3) is 0.412. The van der Waals surface area contributed by atoms with Crippen molar-refractivity contribution in [3.8, 4) is 0 Å². The van der Waals surface area contributed by atoms with Crippen LogP contribution in [0, 0.1) is 0 Å². The van der Waals surface area contributed by atoms with Crippen LogP contribution in [0.5, 0.6) is 0 Å². The number of primary amides is 1. The van der Waals surface area contributed by atoms with Gasteiger partial charge in [-0.2, -0.15) is 0 Å². The lowest BCUT2D eigenvalue weighted by Crippen LogP contribution is -2.09. The number of rotatable bonds is 11. The summed E-state index contributed by atoms with van der Waals surface area (Å²) < 4.78 is 0. The molecule has 0 aromatic heterocycles. The van der Waals surface area contributed by atoms with Crippen LogP contribution in [0.1, 0.15) is 66.4 Å². The van der Waals surface area contributed by atoms with Crippen LogP contribution in [-0.2, 0) is 14.4 Å². The fourth-order valence-corrected chi connectivity index (χ4v) is 2.17. The highest BCUT2D eigenvalue weighted by Crippen LogP contribution is 2.13. The molecule has 1 amide bonds. The van der Waals surface area contributed by atoms with Gasteiger partial charge in [0.25, 0.3) is 0 Å². The van der Waals surface area contributed by atoms with Crippen LogP contribution >= 0.6 is 0 Å². The number of nitrogens with two attached hydrogens (primary N) is 1. The summed E-state index contributed by atoms with van der Waals surface area (Å²) in [6, 6.07) is 4.21. The maximum atomic E-state index is 12.0. The summed E-state index contributed by atoms with van der Waals surface area (Å²) in [5, 5.41) is 0. The number of unbranched alkanes of at least 4 members (excludes halogenated alkanes) is 4. The molecule has 22 heavy (non-hydrogen) atoms. The number of carbonyl (C=O) groups is 2. The van der Waals surface area contributed by atoms with Gasteiger partial charge in [-0.1, -0.05) is 19.3 Å². The van der Waals surface area contributed by atoms with Crippen LogP contribution in [0.2, 0.25) is 0 Å². The highest BCUT2D eigenvalue weighted by molar-refractivity contribution is 5.99. The molecule has 0 aliphatic carbocycles. The van der Waals surface area contributed by atoms with Crippen LogP contribution in [0.15, 0.2) is 18.2 Å². The van der Waals surface area contributed by atoms with Gasteiger partial charge in [-0.15, -0.1) is 0 Å². The average Bonchev–Trinajstić information content (AvgIpc) is 2.52. The number of hydrogen-bond donors (Lipinski definition) is 1. The van der Waals surface area contributed by atoms with Gasteiger partial charge in [0.1, 0.15) is 0 Å². The Bertz CT molecular complexity index is 525. The minimum Gasteiger partial charge on any atom is -0.370 e. The Hall–Kier alpha value is -2.30. The van der Waals surface area contributed by atoms with Gasteiger partial charge in [0.05, 0.1) is 0 Å². The van der Waals surface area contributed by atoms with E-state index in [1.54, 1.807) is 12.6 Å². The monoisotopic (exact) mass is 301 g/mol. The molecule has 1 aromatic rings. The number of hydrogen-bond acceptors (Lipinski definition) is 4. The summed E-state index contributed by atoms with van der Waals surface area (Å²) in [6.45, 7) is 0. The predicted molar refractivity (Wildman–Crippen MR) is 81.9 cm³/mol. The van der Waals surface area contributed by atoms with Crippen LogP contribution in [-0.4, -0.2) is 24.3 Å². The van der Waals surface area contributed by atoms with E-state index in [0.717, 1.165) is 32.1 Å². The van der Waals surface area contributed by atoms with E-state index in [0.29, 0.717) is 18.4 Å². The molecule has 116 valence electrons. The largest absolute Gasteiger partial charge is 0.370 e. The molecule has 1 rings (SSSR count). The van der Waals surface area contributed by atoms with Gasteiger partial charge >= 0.3 is 0 Å². The molecular weight excluding hydrogens is 282 g/mol. The van der Waals surface area contributed by atoms with E-state index in [-0.39, 0.29) is 22.8 Å². The van der Waals surface area contributed by atoms with Crippen LogP contribution in [0.4, 0.5) is 0 Å². The number of ketones is 1. The third kappa shape index (κ3) is 6.43. The Balaban J connectivity index is 2.38. The van der Waals surface area contributed by atoms with Gasteiger partial charge < -0.3 is 5.73 Å². The minimum absolute atomic E-state index is 0.106. The van der Waals surface area contributed by atoms with Crippen molar-refractivity contribution in [3.05, 3.63) is 34.9 Å². The van der Waals surface area contributed by atoms with Crippen molar-refractivity contribution < 1.29 is 19.2 Å². The van der Waals surface area contributed by atoms with Gasteiger partial charge in [0.15, 0.2) is 5.78 Å². The Labute approximate surface area is 129 Å². The Morgan fingerprint density at radius 1 is 0.818 bits per heavy atom. The first kappa shape index (κ1) is 17.8. The van der Waals surface area contributed by atoms with Crippen molar-refractivity contribution in [3.63, 3.8) is 0 Å². The van der Waals surface area contributed by atoms with Gasteiger partial charge in [-0.25, -0.2) is 0 Å². The molecule has 1 aromatic carbocycles. The van der Waals surface area contributed by atoms with Crippen LogP contribution in [0.3, 0.4) is 0 Å². The second kappa shape index (κ2) is 9.60. The lowest BCUT2D eigenvalue weighted by molar-refractivity contribution is -0.118. The third-order valence-corrected chi connectivity index (χ3v) is 3.32. The zero-order chi connectivity index (χ0) is 16.4. The van der Waals surface area contributed by atoms with Gasteiger partial charge in [-0.3, -0.25) is 19.2 Å². The number of benzene rings is 1. The smallest absolute Gasteiger partial charge is 0.233 e. The molecule has 0 spiro atoms. The van der Waals surface area contributed by atoms with Crippen LogP contribution < -0.4 is 5.73 Å². The van der Waals surface area contributed by atoms with Crippen molar-refractivity contribution in [2.24, 2.45) is 5.73 Å². The highest BCUT2D eigenvalue weighted by atomic mass is 16.1. The average molecular weight is 301 g/mol. The standard InChI is InChI=1S/C17H19NO4/c18-17(22)7-5-3-1-2-4-6-16(21)15-9-13(11-19)8-14(10-15)12-20/h8-10H,1-7H2,(H2,18,22). The summed E-state index contributed by atoms with van der Waals surface area (Å²) in [7, 11) is 0. The SMILES string of the molecule is NC(=O)CCCCCCCC(=O)c1cc([C]=O)cc([C]=O)c1. The highest BCUT2D eigenvalue weighted by Gasteiger charge is 2.09. The van der Waals surface area contributed by atoms with Crippen molar-refractivity contribution >= 4 is 24.3 Å². The van der Waals surface area contributed by atoms with Crippen molar-refractivity contribution in [2.45, 2.75) is 44.9 Å². The Morgan fingerprint density at radius 2 is 1.32 bits per heavy atom. The molecule has 0 atom stereocenters. The zero-order valence-corrected chi connectivity index (χ0v) is 12.4. The molecule has 0 aliphatic rings. The van der Waals surface area contributed by atoms with Gasteiger partial charge in [-0.05, 0) is 31.0 Å². The first-order valence-electron chi connectivity index (χ1n) is 7.29. The summed E-state index contributed by atoms with van der Waals surface area (Å²) >= 11 is 0. The van der Waals surface area contributed by atoms with E-state index in [4.69, 9.17) is 5.73 Å². The fourth-order valence-electron chi connectivity index (χ4n) is 2.17. The van der Waals surface area contributed by atoms with E-state index >= 15 is 0 Å². The first-order valence-corrected chi connectivity index (χ1v) is 7.29. The van der Waals surface area contributed by atoms with Crippen molar-refractivity contribution in [1.82, 2.24) is 0 Å². The van der Waals surface area contributed by atoms with E-state index in [1.807, 2.05) is 0 Å². The maximum absolute atomic E-state index is 12.0. The maximum Gasteiger partial charge on any atom is 0.233 e. The first-order chi connectivity index (χ1) is 10.6. The number of Topliss-reactive ketones (excluding diaryl/α,β-unsaturated/α-hetero) is 1. The van der Waals surface area contributed by atoms with Gasteiger partial charge in [0, 0.05) is 29.5 Å². The number of amides is 1. The normalized spacial score (nSPS) is 10.2. The molecule has 0 aliphatic heterocycles. The van der Waals surface area contributed by atoms with E-state index < -0.39 is 0 Å². The molecule has 0 fully saturated rings. The van der Waals surface area contributed by atoms with E-state index in [2.05, 4.69) is 0 Å². The zero-order valence-electron chi connectivity index (χ0n) is 12.4. The second-order valence-electron chi connectivity index (χ2n) is 5.16. The Morgan fingerprint density at radius 3 is 1.82 bits per heavy atom. The summed E-state index contributed by atoms with van der Waals surface area (Å²) in [4.78, 5) is 43.9. The predicted octanol–water partition coefficient (Wildman–Crippen LogP) is 2.00. The van der Waals surface area contributed by atoms with E-state index in [1.165, 1.54) is 18.2 Å². The molecule has 5 nitrogen and oxygen atoms in total. The second-order valence-corrected chi connectivity index (χ2v) is 5.16. The molecular formula is C17H19NO4. The van der Waals surface area contributed by atoms with Crippen LogP contribution in [0.25, 0.3) is 0 Å². The number of carbonyl (C=O) groups excluding carboxylic acids is 4. The molecule has 2 N–H and O–H groups in total. The van der Waals surface area contributed by atoms with Crippen molar-refractivity contribution in [2.75, 3.05) is 0 Å².